The van der Waals surface area contributed by atoms with Gasteiger partial charge in [-0.1, -0.05) is 39.0 Å². The number of likely N-dealkylation sites (N-methyl/N-ethyl adjacent to an activating group) is 3. The first-order valence-electron chi connectivity index (χ1n) is 11.0. The molecule has 0 N–H and O–H groups in total. The molecule has 1 aliphatic rings. The minimum atomic E-state index is 1.08. The fourth-order valence-electron chi connectivity index (χ4n) is 4.01. The molecule has 1 aromatic carbocycles. The lowest BCUT2D eigenvalue weighted by Gasteiger charge is -2.33. The highest BCUT2D eigenvalue weighted by molar-refractivity contribution is 5.33. The maximum atomic E-state index is 2.68. The number of hydrogen-bond donors (Lipinski definition) is 0. The zero-order chi connectivity index (χ0) is 19.6. The molecule has 2 rings (SSSR count). The SMILES string of the molecule is CCN1CCN(CC)CCN(Cc2c(C)cccc2C)CCN(CC)CC1. The molecule has 27 heavy (non-hydrogen) atoms. The Kier molecular flexibility index (Phi) is 9.77. The van der Waals surface area contributed by atoms with Crippen LogP contribution in [0.5, 0.6) is 0 Å². The summed E-state index contributed by atoms with van der Waals surface area (Å²) in [5.41, 5.74) is 4.38. The number of aryl methyl sites for hydroxylation is 2. The van der Waals surface area contributed by atoms with E-state index in [1.165, 1.54) is 56.0 Å². The molecule has 0 bridgehead atoms. The molecule has 0 saturated carbocycles. The molecule has 0 spiro atoms. The summed E-state index contributed by atoms with van der Waals surface area (Å²) in [6.07, 6.45) is 0. The van der Waals surface area contributed by atoms with Gasteiger partial charge in [-0.05, 0) is 50.2 Å². The number of rotatable bonds is 5. The molecule has 0 aromatic heterocycles. The van der Waals surface area contributed by atoms with Crippen molar-refractivity contribution in [2.45, 2.75) is 41.2 Å². The summed E-state index contributed by atoms with van der Waals surface area (Å²) in [6, 6.07) is 6.70. The maximum absolute atomic E-state index is 2.68. The fraction of sp³-hybridized carbons (Fsp3) is 0.739. The van der Waals surface area contributed by atoms with Crippen molar-refractivity contribution in [2.24, 2.45) is 0 Å². The smallest absolute Gasteiger partial charge is 0.0240 e. The summed E-state index contributed by atoms with van der Waals surface area (Å²) >= 11 is 0. The second kappa shape index (κ2) is 11.8. The molecular weight excluding hydrogens is 332 g/mol. The van der Waals surface area contributed by atoms with Crippen molar-refractivity contribution in [2.75, 3.05) is 72.0 Å². The topological polar surface area (TPSA) is 13.0 Å². The summed E-state index contributed by atoms with van der Waals surface area (Å²) in [6.45, 7) is 25.4. The molecule has 1 aliphatic heterocycles. The van der Waals surface area contributed by atoms with Gasteiger partial charge in [-0.15, -0.1) is 0 Å². The third-order valence-corrected chi connectivity index (χ3v) is 6.30. The molecule has 0 unspecified atom stereocenters. The van der Waals surface area contributed by atoms with Crippen LogP contribution < -0.4 is 0 Å². The Morgan fingerprint density at radius 1 is 0.593 bits per heavy atom. The highest BCUT2D eigenvalue weighted by Crippen LogP contribution is 2.16. The van der Waals surface area contributed by atoms with Gasteiger partial charge in [0.15, 0.2) is 0 Å². The van der Waals surface area contributed by atoms with Crippen molar-refractivity contribution in [1.29, 1.82) is 0 Å². The van der Waals surface area contributed by atoms with E-state index in [4.69, 9.17) is 0 Å². The first-order chi connectivity index (χ1) is 13.1. The number of nitrogens with zero attached hydrogens (tertiary/aromatic N) is 4. The summed E-state index contributed by atoms with van der Waals surface area (Å²) in [7, 11) is 0. The molecular formula is C23H42N4. The van der Waals surface area contributed by atoms with Gasteiger partial charge >= 0.3 is 0 Å². The third-order valence-electron chi connectivity index (χ3n) is 6.30. The van der Waals surface area contributed by atoms with Gasteiger partial charge in [0.25, 0.3) is 0 Å². The van der Waals surface area contributed by atoms with Crippen molar-refractivity contribution in [1.82, 2.24) is 19.6 Å². The highest BCUT2D eigenvalue weighted by atomic mass is 15.3. The van der Waals surface area contributed by atoms with Crippen LogP contribution in [-0.2, 0) is 6.54 Å². The van der Waals surface area contributed by atoms with Crippen LogP contribution in [0.4, 0.5) is 0 Å². The first-order valence-corrected chi connectivity index (χ1v) is 11.0. The Bertz CT molecular complexity index is 505. The van der Waals surface area contributed by atoms with Crippen molar-refractivity contribution in [3.63, 3.8) is 0 Å². The lowest BCUT2D eigenvalue weighted by atomic mass is 10.0. The molecule has 0 amide bonds. The standard InChI is InChI=1S/C23H42N4/c1-6-24-12-14-25(7-2)16-18-27(19-17-26(8-3)15-13-24)20-23-21(4)10-9-11-22(23)5/h9-11H,6-8,12-20H2,1-5H3. The largest absolute Gasteiger partial charge is 0.301 e. The van der Waals surface area contributed by atoms with E-state index in [-0.39, 0.29) is 0 Å². The van der Waals surface area contributed by atoms with Gasteiger partial charge in [0, 0.05) is 58.9 Å². The average Bonchev–Trinajstić information content (AvgIpc) is 2.67. The zero-order valence-corrected chi connectivity index (χ0v) is 18.5. The van der Waals surface area contributed by atoms with Gasteiger partial charge in [-0.2, -0.15) is 0 Å². The molecule has 1 aromatic rings. The minimum Gasteiger partial charge on any atom is -0.301 e. The fourth-order valence-corrected chi connectivity index (χ4v) is 4.01. The van der Waals surface area contributed by atoms with E-state index in [2.05, 4.69) is 72.4 Å². The van der Waals surface area contributed by atoms with E-state index < -0.39 is 0 Å². The maximum Gasteiger partial charge on any atom is 0.0240 e. The number of benzene rings is 1. The molecule has 4 heteroatoms. The second-order valence-corrected chi connectivity index (χ2v) is 7.95. The van der Waals surface area contributed by atoms with Crippen LogP contribution in [0.25, 0.3) is 0 Å². The van der Waals surface area contributed by atoms with Gasteiger partial charge in [-0.25, -0.2) is 0 Å². The van der Waals surface area contributed by atoms with Gasteiger partial charge in [0.1, 0.15) is 0 Å². The van der Waals surface area contributed by atoms with E-state index >= 15 is 0 Å². The second-order valence-electron chi connectivity index (χ2n) is 7.95. The molecule has 154 valence electrons. The van der Waals surface area contributed by atoms with Crippen molar-refractivity contribution < 1.29 is 0 Å². The predicted molar refractivity (Wildman–Crippen MR) is 118 cm³/mol. The van der Waals surface area contributed by atoms with E-state index in [0.29, 0.717) is 0 Å². The predicted octanol–water partition coefficient (Wildman–Crippen LogP) is 3.08. The monoisotopic (exact) mass is 374 g/mol. The van der Waals surface area contributed by atoms with Crippen molar-refractivity contribution in [3.8, 4) is 0 Å². The molecule has 0 radical (unpaired) electrons. The summed E-state index contributed by atoms with van der Waals surface area (Å²) in [4.78, 5) is 10.5. The van der Waals surface area contributed by atoms with E-state index in [1.54, 1.807) is 0 Å². The van der Waals surface area contributed by atoms with Gasteiger partial charge in [-0.3, -0.25) is 4.90 Å². The molecule has 1 saturated heterocycles. The minimum absolute atomic E-state index is 1.08. The quantitative estimate of drug-likeness (QED) is 0.785. The molecule has 4 nitrogen and oxygen atoms in total. The summed E-state index contributed by atoms with van der Waals surface area (Å²) < 4.78 is 0. The van der Waals surface area contributed by atoms with Gasteiger partial charge < -0.3 is 14.7 Å². The Morgan fingerprint density at radius 3 is 1.26 bits per heavy atom. The van der Waals surface area contributed by atoms with Crippen molar-refractivity contribution in [3.05, 3.63) is 34.9 Å². The van der Waals surface area contributed by atoms with Crippen LogP contribution in [0.1, 0.15) is 37.5 Å². The average molecular weight is 375 g/mol. The van der Waals surface area contributed by atoms with Crippen LogP contribution in [-0.4, -0.2) is 91.6 Å². The van der Waals surface area contributed by atoms with Crippen LogP contribution in [0, 0.1) is 13.8 Å². The Morgan fingerprint density at radius 2 is 0.926 bits per heavy atom. The summed E-state index contributed by atoms with van der Waals surface area (Å²) in [5, 5.41) is 0. The van der Waals surface area contributed by atoms with E-state index in [0.717, 1.165) is 39.3 Å². The highest BCUT2D eigenvalue weighted by Gasteiger charge is 2.16. The molecule has 0 aliphatic carbocycles. The Balaban J connectivity index is 2.09. The van der Waals surface area contributed by atoms with Gasteiger partial charge in [0.2, 0.25) is 0 Å². The van der Waals surface area contributed by atoms with Crippen molar-refractivity contribution >= 4 is 0 Å². The van der Waals surface area contributed by atoms with Gasteiger partial charge in [0.05, 0.1) is 0 Å². The summed E-state index contributed by atoms with van der Waals surface area (Å²) in [5.74, 6) is 0. The zero-order valence-electron chi connectivity index (χ0n) is 18.5. The molecule has 1 heterocycles. The first kappa shape index (κ1) is 22.4. The van der Waals surface area contributed by atoms with Crippen LogP contribution in [0.15, 0.2) is 18.2 Å². The third kappa shape index (κ3) is 7.19. The number of hydrogen-bond acceptors (Lipinski definition) is 4. The Hall–Kier alpha value is -0.940. The lowest BCUT2D eigenvalue weighted by molar-refractivity contribution is 0.137. The van der Waals surface area contributed by atoms with Crippen LogP contribution in [0.3, 0.4) is 0 Å². The molecule has 1 fully saturated rings. The van der Waals surface area contributed by atoms with E-state index in [9.17, 15) is 0 Å². The van der Waals surface area contributed by atoms with Crippen LogP contribution in [0.2, 0.25) is 0 Å². The van der Waals surface area contributed by atoms with Crippen LogP contribution >= 0.6 is 0 Å². The normalized spacial score (nSPS) is 20.3. The lowest BCUT2D eigenvalue weighted by Crippen LogP contribution is -2.45. The van der Waals surface area contributed by atoms with E-state index in [1.807, 2.05) is 0 Å². The Labute approximate surface area is 168 Å². The molecule has 0 atom stereocenters.